The summed E-state index contributed by atoms with van der Waals surface area (Å²) in [7, 11) is -4.00. The molecule has 1 heterocycles. The summed E-state index contributed by atoms with van der Waals surface area (Å²) in [4.78, 5) is 13.2. The molecule has 3 aromatic rings. The number of aryl methyl sites for hydroxylation is 1. The fourth-order valence-corrected chi connectivity index (χ4v) is 5.48. The van der Waals surface area contributed by atoms with E-state index in [2.05, 4.69) is 5.32 Å². The molecule has 0 bridgehead atoms. The summed E-state index contributed by atoms with van der Waals surface area (Å²) in [6.45, 7) is 4.14. The smallest absolute Gasteiger partial charge is 0.264 e. The topological polar surface area (TPSA) is 84.9 Å². The monoisotopic (exact) mass is 500 g/mol. The SMILES string of the molecule is Cc1cc(Cl)ccc1N(CC(=O)N[C@@H](C)c1ccc2c(c1)OCCO2)S(=O)(=O)c1ccccc1. The number of anilines is 1. The molecule has 1 amide bonds. The molecule has 178 valence electrons. The van der Waals surface area contributed by atoms with E-state index >= 15 is 0 Å². The minimum absolute atomic E-state index is 0.0945. The molecule has 4 rings (SSSR count). The second-order valence-corrected chi connectivity index (χ2v) is 10.2. The third kappa shape index (κ3) is 5.13. The zero-order valence-electron chi connectivity index (χ0n) is 18.8. The molecule has 1 atom stereocenters. The predicted octanol–water partition coefficient (Wildman–Crippen LogP) is 4.49. The first-order valence-electron chi connectivity index (χ1n) is 10.8. The fraction of sp³-hybridized carbons (Fsp3) is 0.240. The minimum atomic E-state index is -4.00. The van der Waals surface area contributed by atoms with Crippen LogP contribution in [0.2, 0.25) is 5.02 Å². The number of hydrogen-bond donors (Lipinski definition) is 1. The fourth-order valence-electron chi connectivity index (χ4n) is 3.75. The number of hydrogen-bond acceptors (Lipinski definition) is 5. The number of fused-ring (bicyclic) bond motifs is 1. The summed E-state index contributed by atoms with van der Waals surface area (Å²) in [6, 6.07) is 18.0. The van der Waals surface area contributed by atoms with Crippen molar-refractivity contribution < 1.29 is 22.7 Å². The molecule has 3 aromatic carbocycles. The van der Waals surface area contributed by atoms with Crippen molar-refractivity contribution in [1.82, 2.24) is 5.32 Å². The van der Waals surface area contributed by atoms with Crippen molar-refractivity contribution in [2.75, 3.05) is 24.1 Å². The molecule has 0 aliphatic carbocycles. The third-order valence-electron chi connectivity index (χ3n) is 5.49. The number of nitrogens with zero attached hydrogens (tertiary/aromatic N) is 1. The van der Waals surface area contributed by atoms with E-state index in [1.807, 2.05) is 19.1 Å². The molecule has 0 aromatic heterocycles. The second-order valence-electron chi connectivity index (χ2n) is 7.95. The van der Waals surface area contributed by atoms with Gasteiger partial charge in [0.1, 0.15) is 19.8 Å². The Hall–Kier alpha value is -3.23. The van der Waals surface area contributed by atoms with Gasteiger partial charge in [-0.2, -0.15) is 0 Å². The lowest BCUT2D eigenvalue weighted by Gasteiger charge is -2.27. The number of carbonyl (C=O) groups excluding carboxylic acids is 1. The van der Waals surface area contributed by atoms with E-state index in [-0.39, 0.29) is 10.9 Å². The molecule has 0 fully saturated rings. The summed E-state index contributed by atoms with van der Waals surface area (Å²) in [6.07, 6.45) is 0. The maximum absolute atomic E-state index is 13.5. The van der Waals surface area contributed by atoms with Crippen LogP contribution in [0.3, 0.4) is 0 Å². The van der Waals surface area contributed by atoms with Crippen LogP contribution in [0.5, 0.6) is 11.5 Å². The summed E-state index contributed by atoms with van der Waals surface area (Å²) >= 11 is 6.08. The number of nitrogens with one attached hydrogen (secondary N) is 1. The molecule has 1 N–H and O–H groups in total. The van der Waals surface area contributed by atoms with Crippen molar-refractivity contribution in [3.8, 4) is 11.5 Å². The summed E-state index contributed by atoms with van der Waals surface area (Å²) < 4.78 is 39.3. The van der Waals surface area contributed by atoms with Crippen LogP contribution < -0.4 is 19.1 Å². The van der Waals surface area contributed by atoms with Crippen LogP contribution >= 0.6 is 11.6 Å². The number of carbonyl (C=O) groups is 1. The first-order valence-corrected chi connectivity index (χ1v) is 12.6. The molecule has 0 unspecified atom stereocenters. The first-order chi connectivity index (χ1) is 16.3. The van der Waals surface area contributed by atoms with Crippen LogP contribution in [0.1, 0.15) is 24.1 Å². The third-order valence-corrected chi connectivity index (χ3v) is 7.50. The van der Waals surface area contributed by atoms with Gasteiger partial charge in [0.05, 0.1) is 16.6 Å². The van der Waals surface area contributed by atoms with E-state index in [0.717, 1.165) is 9.87 Å². The molecule has 34 heavy (non-hydrogen) atoms. The number of sulfonamides is 1. The predicted molar refractivity (Wildman–Crippen MR) is 131 cm³/mol. The van der Waals surface area contributed by atoms with Crippen molar-refractivity contribution >= 4 is 33.2 Å². The molecule has 0 spiro atoms. The summed E-state index contributed by atoms with van der Waals surface area (Å²) in [5.41, 5.74) is 1.84. The maximum atomic E-state index is 13.5. The van der Waals surface area contributed by atoms with Crippen LogP contribution in [0.25, 0.3) is 0 Å². The van der Waals surface area contributed by atoms with Crippen LogP contribution in [0.4, 0.5) is 5.69 Å². The van der Waals surface area contributed by atoms with Crippen LogP contribution in [0.15, 0.2) is 71.6 Å². The quantitative estimate of drug-likeness (QED) is 0.516. The number of ether oxygens (including phenoxy) is 2. The van der Waals surface area contributed by atoms with Crippen LogP contribution in [-0.2, 0) is 14.8 Å². The highest BCUT2D eigenvalue weighted by atomic mass is 35.5. The lowest BCUT2D eigenvalue weighted by Crippen LogP contribution is -2.41. The molecule has 9 heteroatoms. The zero-order valence-corrected chi connectivity index (χ0v) is 20.4. The van der Waals surface area contributed by atoms with Gasteiger partial charge in [-0.25, -0.2) is 8.42 Å². The van der Waals surface area contributed by atoms with E-state index in [4.69, 9.17) is 21.1 Å². The maximum Gasteiger partial charge on any atom is 0.264 e. The molecule has 0 saturated heterocycles. The summed E-state index contributed by atoms with van der Waals surface area (Å²) in [5.74, 6) is 0.832. The van der Waals surface area contributed by atoms with E-state index in [0.29, 0.717) is 41.0 Å². The molecule has 0 radical (unpaired) electrons. The standard InChI is InChI=1S/C25H25ClN2O5S/c1-17-14-20(26)9-10-22(17)28(34(30,31)21-6-4-3-5-7-21)16-25(29)27-18(2)19-8-11-23-24(15-19)33-13-12-32-23/h3-11,14-15,18H,12-13,16H2,1-2H3,(H,27,29)/t18-/m0/s1. The van der Waals surface area contributed by atoms with Crippen LogP contribution in [0, 0.1) is 6.92 Å². The molecule has 7 nitrogen and oxygen atoms in total. The van der Waals surface area contributed by atoms with Gasteiger partial charge in [-0.1, -0.05) is 35.9 Å². The van der Waals surface area contributed by atoms with Gasteiger partial charge in [0.15, 0.2) is 11.5 Å². The van der Waals surface area contributed by atoms with Gasteiger partial charge < -0.3 is 14.8 Å². The highest BCUT2D eigenvalue weighted by Crippen LogP contribution is 2.33. The van der Waals surface area contributed by atoms with Crippen molar-refractivity contribution in [1.29, 1.82) is 0 Å². The van der Waals surface area contributed by atoms with Gasteiger partial charge in [0.25, 0.3) is 10.0 Å². The average molecular weight is 501 g/mol. The lowest BCUT2D eigenvalue weighted by atomic mass is 10.1. The van der Waals surface area contributed by atoms with Crippen molar-refractivity contribution in [3.63, 3.8) is 0 Å². The Morgan fingerprint density at radius 3 is 2.44 bits per heavy atom. The highest BCUT2D eigenvalue weighted by Gasteiger charge is 2.29. The largest absolute Gasteiger partial charge is 0.486 e. The van der Waals surface area contributed by atoms with Gasteiger partial charge in [-0.3, -0.25) is 9.10 Å². The minimum Gasteiger partial charge on any atom is -0.486 e. The van der Waals surface area contributed by atoms with E-state index in [9.17, 15) is 13.2 Å². The molecule has 1 aliphatic heterocycles. The van der Waals surface area contributed by atoms with Crippen molar-refractivity contribution in [2.45, 2.75) is 24.8 Å². The Kier molecular flexibility index (Phi) is 7.00. The van der Waals surface area contributed by atoms with Crippen LogP contribution in [-0.4, -0.2) is 34.1 Å². The lowest BCUT2D eigenvalue weighted by molar-refractivity contribution is -0.120. The Morgan fingerprint density at radius 2 is 1.74 bits per heavy atom. The zero-order chi connectivity index (χ0) is 24.3. The van der Waals surface area contributed by atoms with Crippen molar-refractivity contribution in [3.05, 3.63) is 82.9 Å². The Bertz CT molecular complexity index is 1300. The first kappa shape index (κ1) is 23.9. The van der Waals surface area contributed by atoms with Crippen molar-refractivity contribution in [2.24, 2.45) is 0 Å². The van der Waals surface area contributed by atoms with E-state index in [1.54, 1.807) is 49.4 Å². The van der Waals surface area contributed by atoms with E-state index < -0.39 is 22.5 Å². The Morgan fingerprint density at radius 1 is 1.03 bits per heavy atom. The highest BCUT2D eigenvalue weighted by molar-refractivity contribution is 7.92. The Balaban J connectivity index is 1.59. The second kappa shape index (κ2) is 9.95. The number of amides is 1. The van der Waals surface area contributed by atoms with Gasteiger partial charge in [0.2, 0.25) is 5.91 Å². The van der Waals surface area contributed by atoms with Gasteiger partial charge in [-0.05, 0) is 67.4 Å². The van der Waals surface area contributed by atoms with Gasteiger partial charge in [0, 0.05) is 5.02 Å². The molecule has 1 aliphatic rings. The summed E-state index contributed by atoms with van der Waals surface area (Å²) in [5, 5.41) is 3.37. The van der Waals surface area contributed by atoms with E-state index in [1.165, 1.54) is 12.1 Å². The Labute approximate surface area is 204 Å². The van der Waals surface area contributed by atoms with Gasteiger partial charge in [-0.15, -0.1) is 0 Å². The molecular formula is C25H25ClN2O5S. The number of halogens is 1. The molecular weight excluding hydrogens is 476 g/mol. The normalized spacial score (nSPS) is 13.7. The van der Waals surface area contributed by atoms with Gasteiger partial charge >= 0.3 is 0 Å². The average Bonchev–Trinajstić information content (AvgIpc) is 2.83. The number of rotatable bonds is 7. The number of benzene rings is 3. The molecule has 0 saturated carbocycles.